The van der Waals surface area contributed by atoms with Gasteiger partial charge in [0.25, 0.3) is 0 Å². The van der Waals surface area contributed by atoms with Gasteiger partial charge in [-0.15, -0.1) is 0 Å². The molecule has 0 saturated heterocycles. The second-order valence-electron chi connectivity index (χ2n) is 3.78. The van der Waals surface area contributed by atoms with Crippen LogP contribution in [-0.2, 0) is 9.59 Å². The zero-order valence-corrected chi connectivity index (χ0v) is 12.2. The molecule has 0 rings (SSSR count). The van der Waals surface area contributed by atoms with Crippen molar-refractivity contribution in [3.63, 3.8) is 0 Å². The molecule has 0 bridgehead atoms. The van der Waals surface area contributed by atoms with Crippen molar-refractivity contribution in [1.29, 1.82) is 0 Å². The van der Waals surface area contributed by atoms with Gasteiger partial charge >= 0.3 is 37.7 Å². The van der Waals surface area contributed by atoms with Crippen molar-refractivity contribution >= 4 is 49.8 Å². The second kappa shape index (κ2) is 14.6. The fourth-order valence-corrected chi connectivity index (χ4v) is 1.47. The van der Waals surface area contributed by atoms with E-state index < -0.39 is 0 Å². The van der Waals surface area contributed by atoms with Crippen LogP contribution in [-0.4, -0.2) is 49.8 Å². The van der Waals surface area contributed by atoms with E-state index in [0.29, 0.717) is 12.7 Å². The second-order valence-corrected chi connectivity index (χ2v) is 3.78. The van der Waals surface area contributed by atoms with Crippen LogP contribution in [0.2, 0.25) is 0 Å². The molecule has 0 aliphatic rings. The summed E-state index contributed by atoms with van der Waals surface area (Å²) in [5, 5.41) is 0. The number of hydrogen-bond acceptors (Lipinski definition) is 2. The van der Waals surface area contributed by atoms with Crippen LogP contribution in [0.1, 0.15) is 67.6 Å². The number of carbonyl (C=O) groups excluding carboxylic acids is 2. The van der Waals surface area contributed by atoms with Gasteiger partial charge in [-0.3, -0.25) is 4.79 Å². The summed E-state index contributed by atoms with van der Waals surface area (Å²) in [5.41, 5.74) is 0. The van der Waals surface area contributed by atoms with E-state index in [1.807, 2.05) is 0 Å². The summed E-state index contributed by atoms with van der Waals surface area (Å²) in [6.07, 6.45) is 9.92. The molecule has 0 saturated carbocycles. The van der Waals surface area contributed by atoms with Crippen LogP contribution < -0.4 is 0 Å². The van der Waals surface area contributed by atoms with E-state index in [-0.39, 0.29) is 52.8 Å². The van der Waals surface area contributed by atoms with Gasteiger partial charge in [-0.2, -0.15) is 0 Å². The number of Topliss-reactive ketones (excluding diaryl/α,β-unsaturated/α-hetero) is 1. The third-order valence-corrected chi connectivity index (χ3v) is 2.37. The molecule has 86 valence electrons. The van der Waals surface area contributed by atoms with E-state index >= 15 is 0 Å². The Morgan fingerprint density at radius 1 is 1.07 bits per heavy atom. The first-order valence-corrected chi connectivity index (χ1v) is 5.76. The summed E-state index contributed by atoms with van der Waals surface area (Å²) in [4.78, 5) is 20.9. The molecular weight excluding hydrogens is 216 g/mol. The van der Waals surface area contributed by atoms with Gasteiger partial charge in [-0.05, 0) is 6.42 Å². The molecule has 0 aliphatic heterocycles. The maximum atomic E-state index is 10.9. The van der Waals surface area contributed by atoms with Gasteiger partial charge in [0.1, 0.15) is 12.1 Å². The fraction of sp³-hybridized carbons (Fsp3) is 0.833. The number of ketones is 1. The SMILES string of the molecule is CCCCCCCCCC(=O)CC=O.[Ca+2].[H-].[H-]. The van der Waals surface area contributed by atoms with Crippen molar-refractivity contribution in [2.45, 2.75) is 64.7 Å². The molecule has 0 N–H and O–H groups in total. The molecule has 0 aliphatic carbocycles. The van der Waals surface area contributed by atoms with Gasteiger partial charge in [0.05, 0.1) is 6.42 Å². The maximum absolute atomic E-state index is 10.9. The van der Waals surface area contributed by atoms with Crippen LogP contribution in [0.25, 0.3) is 0 Å². The molecule has 0 fully saturated rings. The van der Waals surface area contributed by atoms with E-state index in [0.717, 1.165) is 12.8 Å². The van der Waals surface area contributed by atoms with E-state index in [1.165, 1.54) is 32.1 Å². The molecule has 0 radical (unpaired) electrons. The molecule has 0 unspecified atom stereocenters. The molecule has 0 heterocycles. The molecular formula is C12H24CaO2. The Morgan fingerprint density at radius 2 is 1.60 bits per heavy atom. The Morgan fingerprint density at radius 3 is 2.13 bits per heavy atom. The number of carbonyl (C=O) groups is 2. The Hall–Kier alpha value is 0.600. The summed E-state index contributed by atoms with van der Waals surface area (Å²) in [7, 11) is 0. The van der Waals surface area contributed by atoms with E-state index in [4.69, 9.17) is 0 Å². The van der Waals surface area contributed by atoms with Gasteiger partial charge < -0.3 is 7.65 Å². The molecule has 0 amide bonds. The van der Waals surface area contributed by atoms with Crippen LogP contribution in [0.15, 0.2) is 0 Å². The summed E-state index contributed by atoms with van der Waals surface area (Å²) < 4.78 is 0. The third kappa shape index (κ3) is 14.6. The van der Waals surface area contributed by atoms with Gasteiger partial charge in [0, 0.05) is 6.42 Å². The summed E-state index contributed by atoms with van der Waals surface area (Å²) in [6.45, 7) is 2.21. The van der Waals surface area contributed by atoms with Crippen LogP contribution >= 0.6 is 0 Å². The van der Waals surface area contributed by atoms with Crippen molar-refractivity contribution < 1.29 is 12.4 Å². The Bertz CT molecular complexity index is 167. The average Bonchev–Trinajstić information content (AvgIpc) is 2.17. The third-order valence-electron chi connectivity index (χ3n) is 2.37. The smallest absolute Gasteiger partial charge is 1.00 e. The van der Waals surface area contributed by atoms with Crippen LogP contribution in [0.5, 0.6) is 0 Å². The quantitative estimate of drug-likeness (QED) is 0.254. The van der Waals surface area contributed by atoms with E-state index in [2.05, 4.69) is 6.92 Å². The van der Waals surface area contributed by atoms with E-state index in [1.54, 1.807) is 0 Å². The molecule has 15 heavy (non-hydrogen) atoms. The number of aldehydes is 1. The fourth-order valence-electron chi connectivity index (χ4n) is 1.47. The van der Waals surface area contributed by atoms with Crippen molar-refractivity contribution in [3.8, 4) is 0 Å². The molecule has 0 aromatic rings. The molecule has 0 aromatic heterocycles. The maximum Gasteiger partial charge on any atom is 2.00 e. The first-order chi connectivity index (χ1) is 6.81. The van der Waals surface area contributed by atoms with Crippen LogP contribution in [0.3, 0.4) is 0 Å². The van der Waals surface area contributed by atoms with Gasteiger partial charge in [-0.1, -0.05) is 45.4 Å². The molecule has 2 nitrogen and oxygen atoms in total. The predicted octanol–water partition coefficient (Wildman–Crippen LogP) is 3.13. The minimum atomic E-state index is 0. The normalized spacial score (nSPS) is 9.40. The zero-order valence-electron chi connectivity index (χ0n) is 12.0. The summed E-state index contributed by atoms with van der Waals surface area (Å²) >= 11 is 0. The minimum absolute atomic E-state index is 0. The first kappa shape index (κ1) is 18.0. The van der Waals surface area contributed by atoms with E-state index in [9.17, 15) is 9.59 Å². The monoisotopic (exact) mass is 240 g/mol. The Labute approximate surface area is 126 Å². The predicted molar refractivity (Wildman–Crippen MR) is 66.3 cm³/mol. The van der Waals surface area contributed by atoms with Crippen molar-refractivity contribution in [2.75, 3.05) is 0 Å². The Balaban J connectivity index is -0.000000282. The van der Waals surface area contributed by atoms with Crippen LogP contribution in [0, 0.1) is 0 Å². The molecule has 0 aromatic carbocycles. The standard InChI is InChI=1S/C12H22O2.Ca.2H/c1-2-3-4-5-6-7-8-9-12(14)10-11-13;;;/h11H,2-10H2,1H3;;;/q;+2;2*-1. The van der Waals surface area contributed by atoms with Crippen molar-refractivity contribution in [3.05, 3.63) is 0 Å². The zero-order chi connectivity index (χ0) is 10.6. The van der Waals surface area contributed by atoms with Crippen molar-refractivity contribution in [1.82, 2.24) is 0 Å². The van der Waals surface area contributed by atoms with Gasteiger partial charge in [0.2, 0.25) is 0 Å². The topological polar surface area (TPSA) is 34.1 Å². The Kier molecular flexibility index (Phi) is 17.5. The van der Waals surface area contributed by atoms with Crippen molar-refractivity contribution in [2.24, 2.45) is 0 Å². The first-order valence-electron chi connectivity index (χ1n) is 5.76. The number of unbranched alkanes of at least 4 members (excludes halogenated alkanes) is 6. The average molecular weight is 240 g/mol. The molecule has 0 atom stereocenters. The molecule has 3 heteroatoms. The van der Waals surface area contributed by atoms with Crippen LogP contribution in [0.4, 0.5) is 0 Å². The largest absolute Gasteiger partial charge is 2.00 e. The summed E-state index contributed by atoms with van der Waals surface area (Å²) in [6, 6.07) is 0. The number of rotatable bonds is 10. The summed E-state index contributed by atoms with van der Waals surface area (Å²) in [5.74, 6) is 0.0913. The van der Waals surface area contributed by atoms with Gasteiger partial charge in [-0.25, -0.2) is 0 Å². The van der Waals surface area contributed by atoms with Gasteiger partial charge in [0.15, 0.2) is 0 Å². The molecule has 0 spiro atoms. The minimum Gasteiger partial charge on any atom is -1.00 e. The number of hydrogen-bond donors (Lipinski definition) is 0.